The van der Waals surface area contributed by atoms with Gasteiger partial charge in [0.25, 0.3) is 0 Å². The van der Waals surface area contributed by atoms with Crippen LogP contribution in [-0.4, -0.2) is 14.8 Å². The van der Waals surface area contributed by atoms with E-state index < -0.39 is 0 Å². The normalized spacial score (nSPS) is 16.0. The predicted molar refractivity (Wildman–Crippen MR) is 109 cm³/mol. The summed E-state index contributed by atoms with van der Waals surface area (Å²) in [5.74, 6) is 0.618. The maximum Gasteiger partial charge on any atom is 0.192 e. The second-order valence-electron chi connectivity index (χ2n) is 6.91. The van der Waals surface area contributed by atoms with Crippen molar-refractivity contribution < 1.29 is 4.39 Å². The van der Waals surface area contributed by atoms with Crippen LogP contribution in [0.15, 0.2) is 53.7 Å². The molecule has 0 radical (unpaired) electrons. The zero-order valence-corrected chi connectivity index (χ0v) is 16.7. The van der Waals surface area contributed by atoms with E-state index in [1.54, 1.807) is 11.8 Å². The van der Waals surface area contributed by atoms with E-state index in [0.29, 0.717) is 11.1 Å². The lowest BCUT2D eigenvalue weighted by molar-refractivity contribution is 0.485. The average molecular weight is 402 g/mol. The molecular formula is C21H21ClFN3S. The zero-order chi connectivity index (χ0) is 18.8. The summed E-state index contributed by atoms with van der Waals surface area (Å²) in [6, 6.07) is 14.9. The Kier molecular flexibility index (Phi) is 5.50. The van der Waals surface area contributed by atoms with Crippen LogP contribution in [0, 0.1) is 5.82 Å². The Labute approximate surface area is 168 Å². The van der Waals surface area contributed by atoms with E-state index in [2.05, 4.69) is 21.7 Å². The SMILES string of the molecule is C[C@H](Sc1nnc(-c2ccccc2Cl)n1C1CCCC1)c1ccc(F)cc1. The number of rotatable bonds is 5. The van der Waals surface area contributed by atoms with Crippen molar-refractivity contribution in [3.8, 4) is 11.4 Å². The number of halogens is 2. The van der Waals surface area contributed by atoms with Crippen molar-refractivity contribution in [1.82, 2.24) is 14.8 Å². The van der Waals surface area contributed by atoms with Crippen molar-refractivity contribution in [2.75, 3.05) is 0 Å². The van der Waals surface area contributed by atoms with Crippen molar-refractivity contribution in [1.29, 1.82) is 0 Å². The number of hydrogen-bond donors (Lipinski definition) is 0. The van der Waals surface area contributed by atoms with Crippen LogP contribution in [0.3, 0.4) is 0 Å². The monoisotopic (exact) mass is 401 g/mol. The molecule has 2 aromatic carbocycles. The number of benzene rings is 2. The molecule has 0 N–H and O–H groups in total. The third kappa shape index (κ3) is 3.90. The van der Waals surface area contributed by atoms with Crippen molar-refractivity contribution in [3.05, 3.63) is 64.9 Å². The van der Waals surface area contributed by atoms with E-state index in [1.807, 2.05) is 36.4 Å². The van der Waals surface area contributed by atoms with Crippen LogP contribution in [0.2, 0.25) is 5.02 Å². The van der Waals surface area contributed by atoms with Gasteiger partial charge in [-0.3, -0.25) is 4.57 Å². The fourth-order valence-corrected chi connectivity index (χ4v) is 4.90. The van der Waals surface area contributed by atoms with Gasteiger partial charge in [0.15, 0.2) is 11.0 Å². The molecule has 1 aliphatic rings. The highest BCUT2D eigenvalue weighted by molar-refractivity contribution is 7.99. The van der Waals surface area contributed by atoms with Gasteiger partial charge in [-0.25, -0.2) is 4.39 Å². The lowest BCUT2D eigenvalue weighted by Crippen LogP contribution is -2.09. The number of aromatic nitrogens is 3. The Morgan fingerprint density at radius 1 is 1.07 bits per heavy atom. The first-order valence-electron chi connectivity index (χ1n) is 9.25. The van der Waals surface area contributed by atoms with Crippen LogP contribution < -0.4 is 0 Å². The number of thioether (sulfide) groups is 1. The Hall–Kier alpha value is -1.85. The van der Waals surface area contributed by atoms with E-state index in [4.69, 9.17) is 11.6 Å². The lowest BCUT2D eigenvalue weighted by Gasteiger charge is -2.19. The van der Waals surface area contributed by atoms with Crippen LogP contribution in [0.4, 0.5) is 4.39 Å². The van der Waals surface area contributed by atoms with Gasteiger partial charge in [-0.05, 0) is 49.6 Å². The third-order valence-electron chi connectivity index (χ3n) is 5.09. The second kappa shape index (κ2) is 8.03. The summed E-state index contributed by atoms with van der Waals surface area (Å²) in [6.07, 6.45) is 4.72. The summed E-state index contributed by atoms with van der Waals surface area (Å²) in [7, 11) is 0. The molecule has 1 aliphatic carbocycles. The molecule has 27 heavy (non-hydrogen) atoms. The summed E-state index contributed by atoms with van der Waals surface area (Å²) >= 11 is 8.10. The van der Waals surface area contributed by atoms with Crippen LogP contribution in [0.5, 0.6) is 0 Å². The molecule has 0 bridgehead atoms. The van der Waals surface area contributed by atoms with Gasteiger partial charge in [0.2, 0.25) is 0 Å². The molecule has 1 aromatic heterocycles. The van der Waals surface area contributed by atoms with Gasteiger partial charge in [-0.15, -0.1) is 10.2 Å². The van der Waals surface area contributed by atoms with E-state index in [-0.39, 0.29) is 11.1 Å². The summed E-state index contributed by atoms with van der Waals surface area (Å²) in [5, 5.41) is 10.7. The van der Waals surface area contributed by atoms with E-state index >= 15 is 0 Å². The summed E-state index contributed by atoms with van der Waals surface area (Å²) in [6.45, 7) is 2.11. The maximum absolute atomic E-state index is 13.2. The van der Waals surface area contributed by atoms with Crippen molar-refractivity contribution in [2.45, 2.75) is 49.1 Å². The van der Waals surface area contributed by atoms with Gasteiger partial charge >= 0.3 is 0 Å². The molecule has 0 amide bonds. The molecule has 0 spiro atoms. The number of hydrogen-bond acceptors (Lipinski definition) is 3. The minimum Gasteiger partial charge on any atom is -0.299 e. The molecule has 1 fully saturated rings. The zero-order valence-electron chi connectivity index (χ0n) is 15.1. The Bertz CT molecular complexity index is 919. The largest absolute Gasteiger partial charge is 0.299 e. The third-order valence-corrected chi connectivity index (χ3v) is 6.54. The van der Waals surface area contributed by atoms with Gasteiger partial charge in [0.1, 0.15) is 5.82 Å². The highest BCUT2D eigenvalue weighted by atomic mass is 35.5. The van der Waals surface area contributed by atoms with Gasteiger partial charge in [-0.2, -0.15) is 0 Å². The smallest absolute Gasteiger partial charge is 0.192 e. The van der Waals surface area contributed by atoms with Crippen LogP contribution in [0.25, 0.3) is 11.4 Å². The van der Waals surface area contributed by atoms with Crippen molar-refractivity contribution in [3.63, 3.8) is 0 Å². The molecular weight excluding hydrogens is 381 g/mol. The minimum absolute atomic E-state index is 0.147. The first kappa shape index (κ1) is 18.5. The first-order chi connectivity index (χ1) is 13.1. The summed E-state index contributed by atoms with van der Waals surface area (Å²) in [4.78, 5) is 0. The standard InChI is InChI=1S/C21H21ClFN3S/c1-14(15-10-12-16(23)13-11-15)27-21-25-24-20(18-8-4-5-9-19(18)22)26(21)17-6-2-3-7-17/h4-5,8-14,17H,2-3,6-7H2,1H3/t14-/m0/s1. The quantitative estimate of drug-likeness (QED) is 0.445. The molecule has 3 nitrogen and oxygen atoms in total. The van der Waals surface area contributed by atoms with E-state index in [1.165, 1.54) is 25.0 Å². The maximum atomic E-state index is 13.2. The van der Waals surface area contributed by atoms with Crippen LogP contribution in [0.1, 0.15) is 49.5 Å². The molecule has 1 atom stereocenters. The predicted octanol–water partition coefficient (Wildman–Crippen LogP) is 6.71. The average Bonchev–Trinajstić information content (AvgIpc) is 3.32. The molecule has 6 heteroatoms. The minimum atomic E-state index is -0.217. The molecule has 140 valence electrons. The second-order valence-corrected chi connectivity index (χ2v) is 8.62. The fraction of sp³-hybridized carbons (Fsp3) is 0.333. The van der Waals surface area contributed by atoms with Gasteiger partial charge < -0.3 is 0 Å². The lowest BCUT2D eigenvalue weighted by atomic mass is 10.2. The number of nitrogens with zero attached hydrogens (tertiary/aromatic N) is 3. The molecule has 1 saturated carbocycles. The summed E-state index contributed by atoms with van der Waals surface area (Å²) < 4.78 is 15.5. The molecule has 4 rings (SSSR count). The van der Waals surface area contributed by atoms with Crippen LogP contribution in [-0.2, 0) is 0 Å². The topological polar surface area (TPSA) is 30.7 Å². The highest BCUT2D eigenvalue weighted by Crippen LogP contribution is 2.41. The molecule has 0 aliphatic heterocycles. The Balaban J connectivity index is 1.70. The summed E-state index contributed by atoms with van der Waals surface area (Å²) in [5.41, 5.74) is 1.99. The van der Waals surface area contributed by atoms with Gasteiger partial charge in [0, 0.05) is 16.9 Å². The Morgan fingerprint density at radius 2 is 1.78 bits per heavy atom. The molecule has 1 heterocycles. The molecule has 0 saturated heterocycles. The van der Waals surface area contributed by atoms with Crippen molar-refractivity contribution >= 4 is 23.4 Å². The van der Waals surface area contributed by atoms with E-state index in [0.717, 1.165) is 34.9 Å². The fourth-order valence-electron chi connectivity index (χ4n) is 3.64. The molecule has 3 aromatic rings. The molecule has 0 unspecified atom stereocenters. The highest BCUT2D eigenvalue weighted by Gasteiger charge is 2.26. The Morgan fingerprint density at radius 3 is 2.48 bits per heavy atom. The van der Waals surface area contributed by atoms with E-state index in [9.17, 15) is 4.39 Å². The van der Waals surface area contributed by atoms with Crippen LogP contribution >= 0.6 is 23.4 Å². The van der Waals surface area contributed by atoms with Gasteiger partial charge in [-0.1, -0.05) is 60.5 Å². The van der Waals surface area contributed by atoms with Crippen molar-refractivity contribution in [2.24, 2.45) is 0 Å². The van der Waals surface area contributed by atoms with Gasteiger partial charge in [0.05, 0.1) is 5.02 Å². The first-order valence-corrected chi connectivity index (χ1v) is 10.5.